The zero-order valence-electron chi connectivity index (χ0n) is 57.6. The summed E-state index contributed by atoms with van der Waals surface area (Å²) in [5, 5.41) is 15.6. The van der Waals surface area contributed by atoms with Crippen LogP contribution in [-0.4, -0.2) is 226 Å². The highest BCUT2D eigenvalue weighted by Gasteiger charge is 2.42. The van der Waals surface area contributed by atoms with Crippen LogP contribution in [0.1, 0.15) is 76.2 Å². The second-order valence-electron chi connectivity index (χ2n) is 23.1. The highest BCUT2D eigenvalue weighted by Crippen LogP contribution is 2.47. The van der Waals surface area contributed by atoms with Gasteiger partial charge in [0, 0.05) is 86.5 Å². The van der Waals surface area contributed by atoms with Gasteiger partial charge in [0.05, 0.1) is 179 Å². The van der Waals surface area contributed by atoms with Gasteiger partial charge in [0.1, 0.15) is 38.8 Å². The van der Waals surface area contributed by atoms with Gasteiger partial charge in [0.25, 0.3) is 0 Å². The molecular formula is C72H97N5O20. The fourth-order valence-electron chi connectivity index (χ4n) is 11.3. The molecule has 97 heavy (non-hydrogen) atoms. The number of aromatic nitrogens is 1. The number of fused-ring (bicyclic) bond motifs is 5. The fraction of sp³-hybridized carbons (Fsp3) is 0.556. The number of methoxy groups -OCH3 is 3. The molecule has 2 N–H and O–H groups in total. The second kappa shape index (κ2) is 41.2. The van der Waals surface area contributed by atoms with Gasteiger partial charge < -0.3 is 90.9 Å². The minimum Gasteiger partial charge on any atom is -0.511 e. The number of carbonyl (C=O) groups is 2. The van der Waals surface area contributed by atoms with Crippen LogP contribution in [-0.2, 0) is 77.7 Å². The molecule has 6 aliphatic rings. The fourth-order valence-corrected chi connectivity index (χ4v) is 11.3. The predicted octanol–water partition coefficient (Wildman–Crippen LogP) is 8.66. The Morgan fingerprint density at radius 1 is 0.557 bits per heavy atom. The summed E-state index contributed by atoms with van der Waals surface area (Å²) in [6.07, 6.45) is 10.5. The van der Waals surface area contributed by atoms with Crippen molar-refractivity contribution in [1.82, 2.24) is 10.3 Å². The molecule has 1 fully saturated rings. The van der Waals surface area contributed by atoms with Crippen molar-refractivity contribution in [1.29, 1.82) is 0 Å². The van der Waals surface area contributed by atoms with Gasteiger partial charge in [-0.2, -0.15) is 0 Å². The Morgan fingerprint density at radius 2 is 1.03 bits per heavy atom. The summed E-state index contributed by atoms with van der Waals surface area (Å²) in [6, 6.07) is 6.76. The molecule has 5 aliphatic heterocycles. The molecule has 0 amide bonds. The van der Waals surface area contributed by atoms with Crippen molar-refractivity contribution in [3.05, 3.63) is 139 Å². The number of hydrogen-bond donors (Lipinski definition) is 2. The molecule has 2 atom stereocenters. The molecule has 0 radical (unpaired) electrons. The summed E-state index contributed by atoms with van der Waals surface area (Å²) < 4.78 is 97.4. The van der Waals surface area contributed by atoms with Crippen molar-refractivity contribution >= 4 is 29.1 Å². The van der Waals surface area contributed by atoms with Gasteiger partial charge in [0.15, 0.2) is 11.5 Å². The first-order valence-electron chi connectivity index (χ1n) is 33.3. The van der Waals surface area contributed by atoms with E-state index in [1.165, 1.54) is 0 Å². The molecule has 1 aromatic heterocycles. The lowest BCUT2D eigenvalue weighted by molar-refractivity contribution is -0.145. The van der Waals surface area contributed by atoms with Crippen molar-refractivity contribution < 1.29 is 95.2 Å². The minimum atomic E-state index is -0.482. The third-order valence-electron chi connectivity index (χ3n) is 16.6. The van der Waals surface area contributed by atoms with Crippen molar-refractivity contribution in [2.75, 3.05) is 187 Å². The van der Waals surface area contributed by atoms with Gasteiger partial charge in [-0.15, -0.1) is 0 Å². The summed E-state index contributed by atoms with van der Waals surface area (Å²) in [5.41, 5.74) is 13.0. The Bertz CT molecular complexity index is 3260. The quantitative estimate of drug-likeness (QED) is 0.0463. The van der Waals surface area contributed by atoms with Crippen LogP contribution in [0.25, 0.3) is 0 Å². The number of aliphatic hydroxyl groups is 1. The Balaban J connectivity index is 0.997. The standard InChI is InChI=1S/C72H97N5O20/c1-9-54-48(2)59-44-63-57(47-97-72(80)53-12-14-73-15-13-53)50(4)58(75-63)43-60-49(3)55(69(76-60)56-42-64(78)68-51(5)61(77-70(56)68)45-62(54)74-59)10-11-67(79)96-46-52-40-65(93-37-34-90-31-28-87-25-22-84-19-16-81-6)71(95-39-36-92-33-30-89-27-24-86-21-18-83-8)66(41-52)94-38-35-91-32-29-88-26-23-85-20-17-82-7/h12-15,40-41,43-45,49,55,76,78H,9-11,16-39,42,46-47H2,1-8H3/t49-,55-/m0/s1. The lowest BCUT2D eigenvalue weighted by Crippen LogP contribution is -2.17. The molecule has 530 valence electrons. The molecule has 0 saturated carbocycles. The van der Waals surface area contributed by atoms with Crippen LogP contribution in [0.4, 0.5) is 0 Å². The van der Waals surface area contributed by atoms with Crippen molar-refractivity contribution in [2.45, 2.75) is 66.9 Å². The molecule has 1 saturated heterocycles. The number of aliphatic imine (C=N–C) groups is 3. The first-order valence-corrected chi connectivity index (χ1v) is 33.3. The smallest absolute Gasteiger partial charge is 0.338 e. The number of carbonyl (C=O) groups excluding carboxylic acids is 2. The summed E-state index contributed by atoms with van der Waals surface area (Å²) in [7, 11) is 4.87. The molecule has 1 aliphatic carbocycles. The van der Waals surface area contributed by atoms with Crippen LogP contribution >= 0.6 is 0 Å². The summed E-state index contributed by atoms with van der Waals surface area (Å²) in [4.78, 5) is 47.3. The molecule has 1 aromatic carbocycles. The summed E-state index contributed by atoms with van der Waals surface area (Å²) >= 11 is 0. The number of benzene rings is 1. The number of aliphatic hydroxyl groups excluding tert-OH is 1. The Labute approximate surface area is 569 Å². The largest absolute Gasteiger partial charge is 0.511 e. The Hall–Kier alpha value is -7.24. The number of ether oxygens (including phenoxy) is 17. The Kier molecular flexibility index (Phi) is 32.1. The first-order chi connectivity index (χ1) is 47.4. The highest BCUT2D eigenvalue weighted by atomic mass is 16.6. The van der Waals surface area contributed by atoms with E-state index in [2.05, 4.69) is 31.1 Å². The number of hydrogen-bond acceptors (Lipinski definition) is 25. The van der Waals surface area contributed by atoms with Gasteiger partial charge in [-0.25, -0.2) is 19.8 Å². The number of pyridine rings is 1. The van der Waals surface area contributed by atoms with Gasteiger partial charge in [-0.3, -0.25) is 9.78 Å². The summed E-state index contributed by atoms with van der Waals surface area (Å²) in [6.45, 7) is 18.8. The third kappa shape index (κ3) is 22.6. The van der Waals surface area contributed by atoms with Crippen LogP contribution in [0.5, 0.6) is 17.2 Å². The monoisotopic (exact) mass is 1350 g/mol. The number of esters is 2. The number of rotatable bonds is 48. The van der Waals surface area contributed by atoms with Gasteiger partial charge in [-0.1, -0.05) is 13.8 Å². The van der Waals surface area contributed by atoms with E-state index in [0.29, 0.717) is 182 Å². The molecule has 25 nitrogen and oxygen atoms in total. The molecule has 25 heteroatoms. The van der Waals surface area contributed by atoms with E-state index in [9.17, 15) is 14.7 Å². The molecule has 8 rings (SSSR count). The van der Waals surface area contributed by atoms with Crippen LogP contribution in [0, 0.1) is 11.8 Å². The van der Waals surface area contributed by atoms with Crippen LogP contribution < -0.4 is 19.5 Å². The average Bonchev–Trinajstić information content (AvgIpc) is 1.59. The molecule has 0 spiro atoms. The highest BCUT2D eigenvalue weighted by molar-refractivity contribution is 6.21. The topological polar surface area (TPSA) is 273 Å². The van der Waals surface area contributed by atoms with E-state index in [4.69, 9.17) is 95.5 Å². The number of nitrogens with zero attached hydrogens (tertiary/aromatic N) is 4. The minimum absolute atomic E-state index is 0.0339. The van der Waals surface area contributed by atoms with E-state index in [1.807, 2.05) is 32.1 Å². The van der Waals surface area contributed by atoms with Gasteiger partial charge in [-0.05, 0) is 104 Å². The molecule has 6 heterocycles. The normalized spacial score (nSPS) is 17.2. The maximum absolute atomic E-state index is 14.3. The van der Waals surface area contributed by atoms with Crippen molar-refractivity contribution in [3.8, 4) is 17.2 Å². The zero-order valence-corrected chi connectivity index (χ0v) is 57.6. The molecule has 0 unspecified atom stereocenters. The lowest BCUT2D eigenvalue weighted by atomic mass is 9.86. The summed E-state index contributed by atoms with van der Waals surface area (Å²) in [5.74, 6) is -0.124. The number of nitrogens with one attached hydrogen (secondary N) is 1. The SMILES string of the molecule is CCC1=C(C)C2=NC1=CC1=C(C)C3=C(O)CC(=C4NC(=CC5=NC(=C2)C(COC(=O)c2ccncc2)=C5C)[C@@H](C)[C@@H]4CCC(=O)OCc2cc(OCCOCCOCCOCCOC)c(OCCOCCOCCOCCOC)c(OCCOCCOCCOCCOC)c2)C3=N1. The van der Waals surface area contributed by atoms with E-state index in [-0.39, 0.29) is 83.3 Å². The third-order valence-corrected chi connectivity index (χ3v) is 16.6. The average molecular weight is 1350 g/mol. The zero-order chi connectivity index (χ0) is 68.6. The number of allylic oxidation sites excluding steroid dienone is 11. The van der Waals surface area contributed by atoms with E-state index in [0.717, 1.165) is 62.7 Å². The maximum atomic E-state index is 14.3. The van der Waals surface area contributed by atoms with Gasteiger partial charge in [0.2, 0.25) is 5.75 Å². The van der Waals surface area contributed by atoms with Crippen LogP contribution in [0.2, 0.25) is 0 Å². The maximum Gasteiger partial charge on any atom is 0.338 e. The first kappa shape index (κ1) is 75.5. The van der Waals surface area contributed by atoms with Crippen molar-refractivity contribution in [2.24, 2.45) is 26.8 Å². The van der Waals surface area contributed by atoms with Gasteiger partial charge >= 0.3 is 11.9 Å². The molecule has 2 aromatic rings. The predicted molar refractivity (Wildman–Crippen MR) is 362 cm³/mol. The van der Waals surface area contributed by atoms with Crippen LogP contribution in [0.15, 0.2) is 143 Å². The van der Waals surface area contributed by atoms with Crippen molar-refractivity contribution in [3.63, 3.8) is 0 Å². The molecular weight excluding hydrogens is 1250 g/mol. The van der Waals surface area contributed by atoms with Crippen LogP contribution in [0.3, 0.4) is 0 Å². The van der Waals surface area contributed by atoms with E-state index >= 15 is 0 Å². The lowest BCUT2D eigenvalue weighted by Gasteiger charge is -2.19. The van der Waals surface area contributed by atoms with E-state index in [1.54, 1.807) is 58.0 Å². The molecule has 8 bridgehead atoms. The van der Waals surface area contributed by atoms with E-state index < -0.39 is 11.9 Å². The Morgan fingerprint density at radius 3 is 1.55 bits per heavy atom. The second-order valence-corrected chi connectivity index (χ2v) is 23.1.